The molecule has 33 heavy (non-hydrogen) atoms. The molecule has 1 N–H and O–H groups in total. The highest BCUT2D eigenvalue weighted by Crippen LogP contribution is 2.53. The van der Waals surface area contributed by atoms with Gasteiger partial charge in [-0.1, -0.05) is 51.6 Å². The van der Waals surface area contributed by atoms with Gasteiger partial charge in [-0.25, -0.2) is 0 Å². The molecule has 7 nitrogen and oxygen atoms in total. The zero-order chi connectivity index (χ0) is 23.9. The van der Waals surface area contributed by atoms with Crippen molar-refractivity contribution in [3.05, 3.63) is 11.7 Å². The molecule has 0 aromatic carbocycles. The molecule has 0 amide bonds. The Morgan fingerprint density at radius 2 is 1.91 bits per heavy atom. The van der Waals surface area contributed by atoms with Crippen molar-refractivity contribution in [1.29, 1.82) is 0 Å². The molecular weight excluding hydrogens is 418 g/mol. The lowest BCUT2D eigenvalue weighted by atomic mass is 9.57. The SMILES string of the molecule is COC1CCC(NCc2noc(C(CCCC3(C(C)(C)C)CCCCC3)CC(=O)[O-])n2)CC1. The maximum absolute atomic E-state index is 11.4. The number of nitrogens with zero attached hydrogens (tertiary/aromatic N) is 2. The third-order valence-electron chi connectivity index (χ3n) is 8.41. The fourth-order valence-electron chi connectivity index (χ4n) is 6.05. The van der Waals surface area contributed by atoms with Gasteiger partial charge in [0.1, 0.15) is 0 Å². The van der Waals surface area contributed by atoms with Crippen LogP contribution in [0.2, 0.25) is 0 Å². The number of aliphatic carboxylic acids is 1. The van der Waals surface area contributed by atoms with Gasteiger partial charge in [0, 0.05) is 25.0 Å². The number of carbonyl (C=O) groups is 1. The highest BCUT2D eigenvalue weighted by Gasteiger charge is 2.41. The lowest BCUT2D eigenvalue weighted by Gasteiger charge is -2.48. The average Bonchev–Trinajstić information content (AvgIpc) is 3.26. The maximum atomic E-state index is 11.4. The van der Waals surface area contributed by atoms with Crippen molar-refractivity contribution in [2.45, 2.75) is 129 Å². The Hall–Kier alpha value is -1.47. The first-order chi connectivity index (χ1) is 15.7. The number of hydrogen-bond acceptors (Lipinski definition) is 7. The molecule has 2 aliphatic rings. The van der Waals surface area contributed by atoms with E-state index in [0.717, 1.165) is 44.9 Å². The van der Waals surface area contributed by atoms with E-state index in [1.54, 1.807) is 7.11 Å². The van der Waals surface area contributed by atoms with Crippen molar-refractivity contribution < 1.29 is 19.2 Å². The molecule has 1 atom stereocenters. The summed E-state index contributed by atoms with van der Waals surface area (Å²) in [5.41, 5.74) is 0.589. The van der Waals surface area contributed by atoms with Gasteiger partial charge >= 0.3 is 0 Å². The predicted octanol–water partition coefficient (Wildman–Crippen LogP) is 4.51. The van der Waals surface area contributed by atoms with Gasteiger partial charge in [0.25, 0.3) is 0 Å². The monoisotopic (exact) mass is 462 g/mol. The number of carboxylic acid groups (broad SMARTS) is 1. The Morgan fingerprint density at radius 3 is 2.52 bits per heavy atom. The molecule has 0 bridgehead atoms. The molecule has 2 saturated carbocycles. The third kappa shape index (κ3) is 7.25. The highest BCUT2D eigenvalue weighted by molar-refractivity contribution is 5.65. The molecule has 1 aromatic heterocycles. The van der Waals surface area contributed by atoms with Gasteiger partial charge in [0.15, 0.2) is 5.82 Å². The highest BCUT2D eigenvalue weighted by atomic mass is 16.5. The smallest absolute Gasteiger partial charge is 0.230 e. The first-order valence-electron chi connectivity index (χ1n) is 13.0. The lowest BCUT2D eigenvalue weighted by Crippen LogP contribution is -2.37. The number of carbonyl (C=O) groups excluding carboxylic acids is 1. The van der Waals surface area contributed by atoms with Crippen LogP contribution in [0, 0.1) is 10.8 Å². The molecule has 1 aromatic rings. The fraction of sp³-hybridized carbons (Fsp3) is 0.885. The van der Waals surface area contributed by atoms with Crippen molar-refractivity contribution in [3.63, 3.8) is 0 Å². The normalized spacial score (nSPS) is 24.5. The molecule has 188 valence electrons. The number of hydrogen-bond donors (Lipinski definition) is 1. The van der Waals surface area contributed by atoms with Gasteiger partial charge in [-0.15, -0.1) is 0 Å². The number of ether oxygens (including phenoxy) is 1. The van der Waals surface area contributed by atoms with Crippen LogP contribution in [-0.4, -0.2) is 35.4 Å². The molecular formula is C26H44N3O4-. The Kier molecular flexibility index (Phi) is 9.34. The third-order valence-corrected chi connectivity index (χ3v) is 8.41. The predicted molar refractivity (Wildman–Crippen MR) is 125 cm³/mol. The van der Waals surface area contributed by atoms with Crippen LogP contribution in [0.1, 0.15) is 122 Å². The molecule has 0 radical (unpaired) electrons. The topological polar surface area (TPSA) is 100 Å². The van der Waals surface area contributed by atoms with Crippen molar-refractivity contribution in [2.75, 3.05) is 7.11 Å². The van der Waals surface area contributed by atoms with Crippen LogP contribution < -0.4 is 10.4 Å². The Bertz CT molecular complexity index is 728. The van der Waals surface area contributed by atoms with Gasteiger partial charge < -0.3 is 24.5 Å². The van der Waals surface area contributed by atoms with Crippen LogP contribution in [0.15, 0.2) is 4.52 Å². The molecule has 2 aliphatic carbocycles. The van der Waals surface area contributed by atoms with Crippen LogP contribution in [0.4, 0.5) is 0 Å². The number of aromatic nitrogens is 2. The average molecular weight is 463 g/mol. The Labute approximate surface area is 199 Å². The lowest BCUT2D eigenvalue weighted by molar-refractivity contribution is -0.306. The molecule has 1 unspecified atom stereocenters. The van der Waals surface area contributed by atoms with E-state index in [4.69, 9.17) is 9.26 Å². The van der Waals surface area contributed by atoms with Crippen molar-refractivity contribution in [1.82, 2.24) is 15.5 Å². The Morgan fingerprint density at radius 1 is 1.21 bits per heavy atom. The van der Waals surface area contributed by atoms with Gasteiger partial charge in [-0.2, -0.15) is 4.98 Å². The summed E-state index contributed by atoms with van der Waals surface area (Å²) in [5, 5.41) is 19.1. The summed E-state index contributed by atoms with van der Waals surface area (Å²) in [5.74, 6) is -0.307. The second-order valence-electron chi connectivity index (χ2n) is 11.4. The van der Waals surface area contributed by atoms with Crippen LogP contribution in [0.25, 0.3) is 0 Å². The summed E-state index contributed by atoms with van der Waals surface area (Å²) in [7, 11) is 1.78. The van der Waals surface area contributed by atoms with Gasteiger partial charge in [-0.05, 0) is 68.6 Å². The minimum absolute atomic E-state index is 0.0708. The van der Waals surface area contributed by atoms with Crippen LogP contribution >= 0.6 is 0 Å². The second kappa shape index (κ2) is 11.8. The van der Waals surface area contributed by atoms with Crippen LogP contribution in [0.3, 0.4) is 0 Å². The number of methoxy groups -OCH3 is 1. The molecule has 0 spiro atoms. The van der Waals surface area contributed by atoms with Crippen molar-refractivity contribution in [3.8, 4) is 0 Å². The molecule has 0 aliphatic heterocycles. The van der Waals surface area contributed by atoms with E-state index in [9.17, 15) is 9.90 Å². The first-order valence-corrected chi connectivity index (χ1v) is 13.0. The summed E-state index contributed by atoms with van der Waals surface area (Å²) in [6.45, 7) is 7.61. The zero-order valence-electron chi connectivity index (χ0n) is 21.2. The molecule has 1 heterocycles. The van der Waals surface area contributed by atoms with E-state index >= 15 is 0 Å². The second-order valence-corrected chi connectivity index (χ2v) is 11.4. The standard InChI is InChI=1S/C26H45N3O4/c1-25(2,3)26(14-6-5-7-15-26)16-8-9-19(17-23(30)31)24-28-22(29-33-24)18-27-20-10-12-21(32-4)13-11-20/h19-21,27H,5-18H2,1-4H3,(H,30,31)/p-1. The minimum Gasteiger partial charge on any atom is -0.550 e. The van der Waals surface area contributed by atoms with Crippen molar-refractivity contribution in [2.24, 2.45) is 10.8 Å². The van der Waals surface area contributed by atoms with E-state index in [0.29, 0.717) is 35.8 Å². The first kappa shape index (κ1) is 26.1. The van der Waals surface area contributed by atoms with Gasteiger partial charge in [-0.3, -0.25) is 0 Å². The molecule has 2 fully saturated rings. The molecule has 0 saturated heterocycles. The van der Waals surface area contributed by atoms with Gasteiger partial charge in [0.2, 0.25) is 5.89 Å². The summed E-state index contributed by atoms with van der Waals surface area (Å²) < 4.78 is 11.0. The minimum atomic E-state index is -1.06. The van der Waals surface area contributed by atoms with E-state index < -0.39 is 5.97 Å². The summed E-state index contributed by atoms with van der Waals surface area (Å²) in [6.07, 6.45) is 13.9. The number of nitrogens with one attached hydrogen (secondary N) is 1. The quantitative estimate of drug-likeness (QED) is 0.516. The summed E-state index contributed by atoms with van der Waals surface area (Å²) >= 11 is 0. The van der Waals surface area contributed by atoms with Gasteiger partial charge in [0.05, 0.1) is 12.6 Å². The molecule has 7 heteroatoms. The maximum Gasteiger partial charge on any atom is 0.230 e. The fourth-order valence-corrected chi connectivity index (χ4v) is 6.05. The van der Waals surface area contributed by atoms with E-state index in [-0.39, 0.29) is 17.8 Å². The Balaban J connectivity index is 1.54. The van der Waals surface area contributed by atoms with Crippen molar-refractivity contribution >= 4 is 5.97 Å². The largest absolute Gasteiger partial charge is 0.550 e. The number of rotatable bonds is 11. The molecule has 3 rings (SSSR count). The summed E-state index contributed by atoms with van der Waals surface area (Å²) in [4.78, 5) is 16.0. The number of carboxylic acids is 1. The van der Waals surface area contributed by atoms with Crippen LogP contribution in [-0.2, 0) is 16.1 Å². The van der Waals surface area contributed by atoms with E-state index in [2.05, 4.69) is 36.2 Å². The zero-order valence-corrected chi connectivity index (χ0v) is 21.2. The van der Waals surface area contributed by atoms with E-state index in [1.165, 1.54) is 32.1 Å². The summed E-state index contributed by atoms with van der Waals surface area (Å²) in [6, 6.07) is 0.432. The van der Waals surface area contributed by atoms with E-state index in [1.807, 2.05) is 0 Å². The van der Waals surface area contributed by atoms with Crippen LogP contribution in [0.5, 0.6) is 0 Å².